The molecule has 4 aromatic rings. The molecule has 4 rings (SSSR count). The molecule has 8 heteroatoms. The number of aromatic nitrogens is 4. The number of nitrogens with one attached hydrogen (secondary N) is 2. The van der Waals surface area contributed by atoms with Crippen LogP contribution in [0.2, 0.25) is 0 Å². The Morgan fingerprint density at radius 2 is 1.85 bits per heavy atom. The molecule has 0 aromatic carbocycles. The highest BCUT2D eigenvalue weighted by Crippen LogP contribution is 2.32. The molecule has 0 unspecified atom stereocenters. The Hall–Kier alpha value is -3.42. The Labute approximate surface area is 152 Å². The van der Waals surface area contributed by atoms with Gasteiger partial charge in [0.2, 0.25) is 0 Å². The number of anilines is 1. The number of H-pyrrole nitrogens is 1. The standard InChI is InChI=1S/C19H14F3N5/c20-19(21,22)13-1-2-16(25-11-13)15-9-17(27-18-14(15)5-8-24-18)26-10-12-3-6-23-7-4-12/h1-9,11H,10H2,(H2,24,26,27). The van der Waals surface area contributed by atoms with E-state index in [0.717, 1.165) is 23.2 Å². The minimum absolute atomic E-state index is 0.446. The average molecular weight is 369 g/mol. The SMILES string of the molecule is FC(F)(F)c1ccc(-c2cc(NCc3ccncc3)nc3[nH]ccc23)nc1. The van der Waals surface area contributed by atoms with Crippen molar-refractivity contribution in [2.45, 2.75) is 12.7 Å². The molecule has 0 spiro atoms. The summed E-state index contributed by atoms with van der Waals surface area (Å²) in [6.45, 7) is 0.543. The van der Waals surface area contributed by atoms with Crippen LogP contribution in [0.15, 0.2) is 61.2 Å². The zero-order valence-electron chi connectivity index (χ0n) is 14.0. The third-order valence-electron chi connectivity index (χ3n) is 4.12. The molecule has 0 saturated heterocycles. The summed E-state index contributed by atoms with van der Waals surface area (Å²) >= 11 is 0. The topological polar surface area (TPSA) is 66.5 Å². The predicted molar refractivity (Wildman–Crippen MR) is 95.9 cm³/mol. The number of fused-ring (bicyclic) bond motifs is 1. The van der Waals surface area contributed by atoms with Crippen molar-refractivity contribution in [3.63, 3.8) is 0 Å². The third kappa shape index (κ3) is 3.59. The lowest BCUT2D eigenvalue weighted by Crippen LogP contribution is -2.05. The molecule has 0 radical (unpaired) electrons. The summed E-state index contributed by atoms with van der Waals surface area (Å²) in [7, 11) is 0. The number of hydrogen-bond donors (Lipinski definition) is 2. The van der Waals surface area contributed by atoms with E-state index in [1.807, 2.05) is 18.2 Å². The van der Waals surface area contributed by atoms with Gasteiger partial charge in [0.05, 0.1) is 11.3 Å². The maximum Gasteiger partial charge on any atom is 0.417 e. The zero-order valence-corrected chi connectivity index (χ0v) is 14.0. The number of rotatable bonds is 4. The van der Waals surface area contributed by atoms with Crippen molar-refractivity contribution in [3.8, 4) is 11.3 Å². The van der Waals surface area contributed by atoms with E-state index in [2.05, 4.69) is 25.3 Å². The molecule has 0 saturated carbocycles. The first kappa shape index (κ1) is 17.0. The van der Waals surface area contributed by atoms with Crippen LogP contribution in [0, 0.1) is 0 Å². The van der Waals surface area contributed by atoms with Crippen LogP contribution in [-0.2, 0) is 12.7 Å². The van der Waals surface area contributed by atoms with E-state index < -0.39 is 11.7 Å². The Morgan fingerprint density at radius 1 is 1.04 bits per heavy atom. The molecule has 0 fully saturated rings. The monoisotopic (exact) mass is 369 g/mol. The predicted octanol–water partition coefficient (Wildman–Crippen LogP) is 4.65. The van der Waals surface area contributed by atoms with Gasteiger partial charge in [0.25, 0.3) is 0 Å². The van der Waals surface area contributed by atoms with Gasteiger partial charge in [-0.2, -0.15) is 13.2 Å². The largest absolute Gasteiger partial charge is 0.417 e. The first-order valence-electron chi connectivity index (χ1n) is 8.15. The maximum atomic E-state index is 12.8. The molecule has 0 aliphatic carbocycles. The number of pyridine rings is 3. The van der Waals surface area contributed by atoms with E-state index in [4.69, 9.17) is 0 Å². The first-order chi connectivity index (χ1) is 13.0. The molecule has 4 heterocycles. The van der Waals surface area contributed by atoms with Gasteiger partial charge >= 0.3 is 6.18 Å². The Balaban J connectivity index is 1.68. The van der Waals surface area contributed by atoms with Crippen LogP contribution in [0.3, 0.4) is 0 Å². The van der Waals surface area contributed by atoms with Crippen molar-refractivity contribution in [1.29, 1.82) is 0 Å². The second-order valence-electron chi connectivity index (χ2n) is 5.93. The number of hydrogen-bond acceptors (Lipinski definition) is 4. The third-order valence-corrected chi connectivity index (χ3v) is 4.12. The van der Waals surface area contributed by atoms with E-state index in [9.17, 15) is 13.2 Å². The van der Waals surface area contributed by atoms with Crippen LogP contribution >= 0.6 is 0 Å². The number of alkyl halides is 3. The van der Waals surface area contributed by atoms with Crippen LogP contribution in [0.25, 0.3) is 22.3 Å². The van der Waals surface area contributed by atoms with Crippen LogP contribution in [-0.4, -0.2) is 19.9 Å². The molecule has 4 aromatic heterocycles. The molecule has 0 aliphatic heterocycles. The normalized spacial score (nSPS) is 11.7. The van der Waals surface area contributed by atoms with Crippen LogP contribution in [0.1, 0.15) is 11.1 Å². The highest BCUT2D eigenvalue weighted by atomic mass is 19.4. The van der Waals surface area contributed by atoms with Crippen molar-refractivity contribution in [1.82, 2.24) is 19.9 Å². The van der Waals surface area contributed by atoms with E-state index in [-0.39, 0.29) is 0 Å². The highest BCUT2D eigenvalue weighted by Gasteiger charge is 2.30. The molecular weight excluding hydrogens is 355 g/mol. The Bertz CT molecular complexity index is 1060. The fourth-order valence-corrected chi connectivity index (χ4v) is 2.75. The van der Waals surface area contributed by atoms with Crippen molar-refractivity contribution >= 4 is 16.9 Å². The van der Waals surface area contributed by atoms with E-state index in [0.29, 0.717) is 29.3 Å². The second-order valence-corrected chi connectivity index (χ2v) is 5.93. The lowest BCUT2D eigenvalue weighted by molar-refractivity contribution is -0.137. The van der Waals surface area contributed by atoms with Gasteiger partial charge in [-0.3, -0.25) is 9.97 Å². The van der Waals surface area contributed by atoms with Gasteiger partial charge < -0.3 is 10.3 Å². The van der Waals surface area contributed by atoms with Gasteiger partial charge in [-0.25, -0.2) is 4.98 Å². The van der Waals surface area contributed by atoms with Crippen molar-refractivity contribution < 1.29 is 13.2 Å². The average Bonchev–Trinajstić information content (AvgIpc) is 3.14. The summed E-state index contributed by atoms with van der Waals surface area (Å²) in [6.07, 6.45) is 1.58. The molecule has 27 heavy (non-hydrogen) atoms. The van der Waals surface area contributed by atoms with Gasteiger partial charge in [0, 0.05) is 42.3 Å². The maximum absolute atomic E-state index is 12.8. The summed E-state index contributed by atoms with van der Waals surface area (Å²) in [4.78, 5) is 15.5. The van der Waals surface area contributed by atoms with E-state index in [1.165, 1.54) is 6.07 Å². The second kappa shape index (κ2) is 6.71. The smallest absolute Gasteiger partial charge is 0.366 e. The molecule has 5 nitrogen and oxygen atoms in total. The summed E-state index contributed by atoms with van der Waals surface area (Å²) in [6, 6.07) is 9.79. The molecule has 0 aliphatic rings. The van der Waals surface area contributed by atoms with Crippen LogP contribution in [0.4, 0.5) is 19.0 Å². The molecule has 0 bridgehead atoms. The van der Waals surface area contributed by atoms with Crippen molar-refractivity contribution in [2.24, 2.45) is 0 Å². The number of nitrogens with zero attached hydrogens (tertiary/aromatic N) is 3. The van der Waals surface area contributed by atoms with Gasteiger partial charge in [-0.15, -0.1) is 0 Å². The van der Waals surface area contributed by atoms with Gasteiger partial charge in [-0.1, -0.05) is 0 Å². The lowest BCUT2D eigenvalue weighted by atomic mass is 10.1. The summed E-state index contributed by atoms with van der Waals surface area (Å²) < 4.78 is 38.3. The molecular formula is C19H14F3N5. The molecule has 136 valence electrons. The first-order valence-corrected chi connectivity index (χ1v) is 8.15. The van der Waals surface area contributed by atoms with Gasteiger partial charge in [-0.05, 0) is 42.0 Å². The summed E-state index contributed by atoms with van der Waals surface area (Å²) in [5, 5.41) is 4.01. The summed E-state index contributed by atoms with van der Waals surface area (Å²) in [5.41, 5.74) is 2.04. The van der Waals surface area contributed by atoms with E-state index in [1.54, 1.807) is 24.7 Å². The Kier molecular flexibility index (Phi) is 4.23. The van der Waals surface area contributed by atoms with Gasteiger partial charge in [0.1, 0.15) is 11.5 Å². The quantitative estimate of drug-likeness (QED) is 0.549. The fourth-order valence-electron chi connectivity index (χ4n) is 2.75. The van der Waals surface area contributed by atoms with Crippen molar-refractivity contribution in [2.75, 3.05) is 5.32 Å². The van der Waals surface area contributed by atoms with Crippen LogP contribution < -0.4 is 5.32 Å². The van der Waals surface area contributed by atoms with Gasteiger partial charge in [0.15, 0.2) is 0 Å². The fraction of sp³-hybridized carbons (Fsp3) is 0.105. The minimum atomic E-state index is -4.41. The summed E-state index contributed by atoms with van der Waals surface area (Å²) in [5.74, 6) is 0.596. The molecule has 2 N–H and O–H groups in total. The zero-order chi connectivity index (χ0) is 18.9. The number of halogens is 3. The minimum Gasteiger partial charge on any atom is -0.366 e. The lowest BCUT2D eigenvalue weighted by Gasteiger charge is -2.10. The van der Waals surface area contributed by atoms with Crippen molar-refractivity contribution in [3.05, 3.63) is 72.3 Å². The molecule has 0 amide bonds. The molecule has 0 atom stereocenters. The highest BCUT2D eigenvalue weighted by molar-refractivity contribution is 5.93. The number of aromatic amines is 1. The van der Waals surface area contributed by atoms with E-state index >= 15 is 0 Å². The van der Waals surface area contributed by atoms with Crippen LogP contribution in [0.5, 0.6) is 0 Å². The Morgan fingerprint density at radius 3 is 2.56 bits per heavy atom.